The fourth-order valence-electron chi connectivity index (χ4n) is 1.10. The van der Waals surface area contributed by atoms with Crippen molar-refractivity contribution in [1.29, 1.82) is 0 Å². The maximum Gasteiger partial charge on any atom is 0.312 e. The number of hydrogen-bond donors (Lipinski definition) is 0. The van der Waals surface area contributed by atoms with E-state index in [0.717, 1.165) is 13.8 Å². The van der Waals surface area contributed by atoms with Crippen LogP contribution in [-0.2, 0) is 19.5 Å². The summed E-state index contributed by atoms with van der Waals surface area (Å²) in [6.07, 6.45) is -9.81. The number of halogens is 6. The molecule has 0 heterocycles. The van der Waals surface area contributed by atoms with E-state index < -0.39 is 24.7 Å². The summed E-state index contributed by atoms with van der Waals surface area (Å²) in [6.45, 7) is 7.19. The van der Waals surface area contributed by atoms with Gasteiger partial charge in [-0.1, -0.05) is 20.3 Å². The number of hydrogen-bond acceptors (Lipinski definition) is 0. The molecule has 9 heteroatoms. The first-order chi connectivity index (χ1) is 7.49. The van der Waals surface area contributed by atoms with Crippen molar-refractivity contribution in [3.63, 3.8) is 0 Å². The largest absolute Gasteiger partial charge is 0.568 e. The van der Waals surface area contributed by atoms with E-state index in [1.165, 1.54) is 0 Å². The summed E-state index contributed by atoms with van der Waals surface area (Å²) in [7, 11) is 0. The van der Waals surface area contributed by atoms with Gasteiger partial charge in [-0.05, 0) is 0 Å². The van der Waals surface area contributed by atoms with Crippen LogP contribution in [0.25, 0.3) is 10.6 Å². The van der Waals surface area contributed by atoms with Crippen molar-refractivity contribution in [2.24, 2.45) is 0 Å². The topological polar surface area (TPSA) is 28.2 Å². The van der Waals surface area contributed by atoms with Gasteiger partial charge in [0.15, 0.2) is 0 Å². The maximum absolute atomic E-state index is 11.7. The summed E-state index contributed by atoms with van der Waals surface area (Å²) in [5, 5.41) is 4.70. The van der Waals surface area contributed by atoms with Crippen molar-refractivity contribution in [2.75, 3.05) is 0 Å². The molecule has 2 unspecified atom stereocenters. The average molecular weight is 331 g/mol. The fourth-order valence-corrected chi connectivity index (χ4v) is 1.10. The van der Waals surface area contributed by atoms with E-state index in [1.54, 1.807) is 6.92 Å². The fraction of sp³-hybridized carbons (Fsp3) is 0.889. The molecule has 0 aromatic rings. The Kier molecular flexibility index (Phi) is 12.9. The summed E-state index contributed by atoms with van der Waals surface area (Å²) in [4.78, 5) is 0. The third-order valence-electron chi connectivity index (χ3n) is 1.42. The smallest absolute Gasteiger partial charge is 0.312 e. The minimum absolute atomic E-state index is 0. The summed E-state index contributed by atoms with van der Waals surface area (Å²) in [5.74, 6) is 0. The maximum atomic E-state index is 11.7. The van der Waals surface area contributed by atoms with Gasteiger partial charge in [0.25, 0.3) is 0 Å². The zero-order valence-electron chi connectivity index (χ0n) is 10.4. The summed E-state index contributed by atoms with van der Waals surface area (Å²) in [5.41, 5.74) is 0. The molecule has 18 heavy (non-hydrogen) atoms. The molecule has 2 nitrogen and oxygen atoms in total. The first kappa shape index (κ1) is 23.2. The molecule has 0 saturated carbocycles. The SMILES string of the molecule is CC(CC(C)[N-]C(F)(F)F)[N-]C(F)(F)F.[CH2-]C.[Zn]. The molecule has 0 radical (unpaired) electrons. The summed E-state index contributed by atoms with van der Waals surface area (Å²) >= 11 is 0. The minimum atomic E-state index is -4.71. The molecule has 2 atom stereocenters. The Morgan fingerprint density at radius 1 is 0.833 bits per heavy atom. The summed E-state index contributed by atoms with van der Waals surface area (Å²) in [6, 6.07) is -2.46. The van der Waals surface area contributed by atoms with Gasteiger partial charge in [-0.25, -0.2) is 0 Å². The van der Waals surface area contributed by atoms with Crippen molar-refractivity contribution in [1.82, 2.24) is 0 Å². The van der Waals surface area contributed by atoms with Crippen LogP contribution in [0.15, 0.2) is 0 Å². The molecular formula is C9H15F6N2Zn-3. The average Bonchev–Trinajstić information content (AvgIpc) is 1.99. The van der Waals surface area contributed by atoms with Gasteiger partial charge in [0, 0.05) is 19.5 Å². The molecular weight excluding hydrogens is 315 g/mol. The molecule has 0 rings (SSSR count). The van der Waals surface area contributed by atoms with Gasteiger partial charge in [0.1, 0.15) is 0 Å². The Balaban J connectivity index is -0.000000709. The predicted octanol–water partition coefficient (Wildman–Crippen LogP) is 4.78. The van der Waals surface area contributed by atoms with Crippen LogP contribution in [0.3, 0.4) is 0 Å². The van der Waals surface area contributed by atoms with Crippen LogP contribution in [0.5, 0.6) is 0 Å². The van der Waals surface area contributed by atoms with Gasteiger partial charge >= 0.3 is 12.6 Å². The minimum Gasteiger partial charge on any atom is -0.568 e. The zero-order chi connectivity index (χ0) is 14.3. The van der Waals surface area contributed by atoms with Crippen LogP contribution in [0.2, 0.25) is 0 Å². The van der Waals surface area contributed by atoms with E-state index in [0.29, 0.717) is 0 Å². The Morgan fingerprint density at radius 3 is 1.22 bits per heavy atom. The standard InChI is InChI=1S/C7H10F6N2.C2H5.Zn/c1-4(14-6(8,9)10)3-5(2)15-7(11,12)13;1-2;/h4-5H,3H2,1-2H3;1H2,2H3;/q-2;-1;. The molecule has 0 bridgehead atoms. The molecule has 0 aliphatic carbocycles. The zero-order valence-corrected chi connectivity index (χ0v) is 13.4. The molecule has 0 spiro atoms. The molecule has 0 amide bonds. The van der Waals surface area contributed by atoms with E-state index in [2.05, 4.69) is 17.6 Å². The van der Waals surface area contributed by atoms with Gasteiger partial charge < -0.3 is 17.6 Å². The van der Waals surface area contributed by atoms with Crippen molar-refractivity contribution in [3.8, 4) is 0 Å². The number of alkyl halides is 6. The van der Waals surface area contributed by atoms with Crippen LogP contribution in [0, 0.1) is 6.92 Å². The van der Waals surface area contributed by atoms with Gasteiger partial charge in [0.05, 0.1) is 0 Å². The third-order valence-corrected chi connectivity index (χ3v) is 1.42. The van der Waals surface area contributed by atoms with E-state index in [4.69, 9.17) is 0 Å². The van der Waals surface area contributed by atoms with Crippen LogP contribution >= 0.6 is 0 Å². The van der Waals surface area contributed by atoms with E-state index in [-0.39, 0.29) is 25.9 Å². The Labute approximate surface area is 116 Å². The van der Waals surface area contributed by atoms with E-state index >= 15 is 0 Å². The second kappa shape index (κ2) is 9.98. The molecule has 0 saturated heterocycles. The molecule has 0 fully saturated rings. The van der Waals surface area contributed by atoms with Crippen LogP contribution < -0.4 is 0 Å². The second-order valence-electron chi connectivity index (χ2n) is 3.13. The van der Waals surface area contributed by atoms with Crippen LogP contribution in [0.1, 0.15) is 27.2 Å². The number of nitrogens with zero attached hydrogens (tertiary/aromatic N) is 2. The summed E-state index contributed by atoms with van der Waals surface area (Å²) < 4.78 is 70.0. The van der Waals surface area contributed by atoms with E-state index in [9.17, 15) is 26.3 Å². The van der Waals surface area contributed by atoms with Crippen molar-refractivity contribution in [2.45, 2.75) is 51.9 Å². The van der Waals surface area contributed by atoms with Crippen LogP contribution in [0.4, 0.5) is 26.3 Å². The molecule has 0 N–H and O–H groups in total. The third kappa shape index (κ3) is 18.5. The molecule has 0 aliphatic rings. The molecule has 0 aromatic carbocycles. The monoisotopic (exact) mass is 329 g/mol. The molecule has 0 aliphatic heterocycles. The number of rotatable bonds is 4. The normalized spacial score (nSPS) is 15.0. The molecule has 0 aromatic heterocycles. The first-order valence-electron chi connectivity index (χ1n) is 4.78. The predicted molar refractivity (Wildman–Crippen MR) is 53.4 cm³/mol. The Morgan fingerprint density at radius 2 is 1.06 bits per heavy atom. The second-order valence-corrected chi connectivity index (χ2v) is 3.13. The van der Waals surface area contributed by atoms with Gasteiger partial charge in [-0.15, -0.1) is 12.1 Å². The molecule has 108 valence electrons. The van der Waals surface area contributed by atoms with Gasteiger partial charge in [0.2, 0.25) is 0 Å². The van der Waals surface area contributed by atoms with Gasteiger partial charge in [-0.3, -0.25) is 0 Å². The Hall–Kier alpha value is 0.123. The van der Waals surface area contributed by atoms with Crippen molar-refractivity contribution >= 4 is 0 Å². The van der Waals surface area contributed by atoms with Crippen molar-refractivity contribution < 1.29 is 45.8 Å². The van der Waals surface area contributed by atoms with E-state index in [1.807, 2.05) is 0 Å². The van der Waals surface area contributed by atoms with Crippen LogP contribution in [-0.4, -0.2) is 24.7 Å². The first-order valence-corrected chi connectivity index (χ1v) is 4.78. The van der Waals surface area contributed by atoms with Gasteiger partial charge in [-0.2, -0.15) is 33.3 Å². The quantitative estimate of drug-likeness (QED) is 0.307. The van der Waals surface area contributed by atoms with Crippen molar-refractivity contribution in [3.05, 3.63) is 17.6 Å². The Bertz CT molecular complexity index is 174.